The molecule has 3 heterocycles. The van der Waals surface area contributed by atoms with Gasteiger partial charge >= 0.3 is 0 Å². The summed E-state index contributed by atoms with van der Waals surface area (Å²) in [6.07, 6.45) is 6.28. The van der Waals surface area contributed by atoms with Crippen LogP contribution in [0.3, 0.4) is 0 Å². The van der Waals surface area contributed by atoms with Crippen molar-refractivity contribution in [1.82, 2.24) is 9.97 Å². The van der Waals surface area contributed by atoms with Gasteiger partial charge in [0.05, 0.1) is 30.3 Å². The van der Waals surface area contributed by atoms with Crippen molar-refractivity contribution in [2.24, 2.45) is 10.7 Å². The van der Waals surface area contributed by atoms with Crippen LogP contribution in [-0.4, -0.2) is 41.9 Å². The molecule has 2 N–H and O–H groups in total. The van der Waals surface area contributed by atoms with E-state index in [1.54, 1.807) is 42.9 Å². The first kappa shape index (κ1) is 16.6. The maximum absolute atomic E-state index is 12.3. The molecular formula is C17H16FN5O2. The number of amides is 1. The van der Waals surface area contributed by atoms with Crippen LogP contribution in [0.15, 0.2) is 59.1 Å². The summed E-state index contributed by atoms with van der Waals surface area (Å²) in [5, 5.41) is 0. The van der Waals surface area contributed by atoms with E-state index >= 15 is 0 Å². The average Bonchev–Trinajstić information content (AvgIpc) is 2.94. The lowest BCUT2D eigenvalue weighted by atomic mass is 10.2. The van der Waals surface area contributed by atoms with Gasteiger partial charge in [-0.05, 0) is 18.2 Å². The standard InChI is InChI=1S/C17H16FN5O2/c18-5-7-25-15-4-3-13(9-22-15)21-8-12-11-23(17(24)16(12)19)14-2-1-6-20-10-14/h1-4,6,8-10H,5,7,11,19H2. The smallest absolute Gasteiger partial charge is 0.274 e. The molecule has 0 fully saturated rings. The van der Waals surface area contributed by atoms with Gasteiger partial charge in [0.15, 0.2) is 0 Å². The molecule has 1 amide bonds. The summed E-state index contributed by atoms with van der Waals surface area (Å²) in [5.41, 5.74) is 7.92. The van der Waals surface area contributed by atoms with Crippen LogP contribution in [0.2, 0.25) is 0 Å². The van der Waals surface area contributed by atoms with E-state index < -0.39 is 6.67 Å². The minimum Gasteiger partial charge on any atom is -0.475 e. The maximum Gasteiger partial charge on any atom is 0.274 e. The SMILES string of the molecule is NC1=C(C=Nc2ccc(OCCF)nc2)CN(c2cccnc2)C1=O. The van der Waals surface area contributed by atoms with Gasteiger partial charge in [0.25, 0.3) is 5.91 Å². The van der Waals surface area contributed by atoms with Crippen LogP contribution in [0.4, 0.5) is 15.8 Å². The minimum absolute atomic E-state index is 0.0364. The molecule has 0 radical (unpaired) electrons. The molecule has 0 aliphatic carbocycles. The number of aliphatic imine (C=N–C) groups is 1. The van der Waals surface area contributed by atoms with Gasteiger partial charge < -0.3 is 15.4 Å². The van der Waals surface area contributed by atoms with E-state index in [4.69, 9.17) is 10.5 Å². The topological polar surface area (TPSA) is 93.7 Å². The lowest BCUT2D eigenvalue weighted by molar-refractivity contribution is -0.114. The summed E-state index contributed by atoms with van der Waals surface area (Å²) in [6, 6.07) is 6.83. The number of hydrogen-bond donors (Lipinski definition) is 1. The number of hydrogen-bond acceptors (Lipinski definition) is 6. The fourth-order valence-electron chi connectivity index (χ4n) is 2.27. The van der Waals surface area contributed by atoms with Gasteiger partial charge in [-0.2, -0.15) is 0 Å². The number of pyridine rings is 2. The third kappa shape index (κ3) is 3.79. The first-order valence-electron chi connectivity index (χ1n) is 7.58. The fourth-order valence-corrected chi connectivity index (χ4v) is 2.27. The highest BCUT2D eigenvalue weighted by atomic mass is 19.1. The van der Waals surface area contributed by atoms with Gasteiger partial charge in [-0.3, -0.25) is 14.8 Å². The summed E-state index contributed by atoms with van der Waals surface area (Å²) in [7, 11) is 0. The van der Waals surface area contributed by atoms with Crippen LogP contribution >= 0.6 is 0 Å². The zero-order valence-corrected chi connectivity index (χ0v) is 13.3. The fraction of sp³-hybridized carbons (Fsp3) is 0.176. The van der Waals surface area contributed by atoms with Gasteiger partial charge in [0.1, 0.15) is 19.0 Å². The number of nitrogens with two attached hydrogens (primary N) is 1. The molecule has 1 aliphatic rings. The number of alkyl halides is 1. The average molecular weight is 341 g/mol. The monoisotopic (exact) mass is 341 g/mol. The van der Waals surface area contributed by atoms with Crippen molar-refractivity contribution >= 4 is 23.5 Å². The predicted octanol–water partition coefficient (Wildman–Crippen LogP) is 1.79. The third-order valence-electron chi connectivity index (χ3n) is 3.52. The summed E-state index contributed by atoms with van der Waals surface area (Å²) in [5.74, 6) is 0.0525. The molecule has 0 aromatic carbocycles. The molecule has 0 bridgehead atoms. The summed E-state index contributed by atoms with van der Waals surface area (Å²) in [6.45, 7) is -0.285. The van der Waals surface area contributed by atoms with Crippen molar-refractivity contribution in [2.45, 2.75) is 0 Å². The number of anilines is 1. The molecule has 25 heavy (non-hydrogen) atoms. The first-order chi connectivity index (χ1) is 12.2. The molecule has 0 unspecified atom stereocenters. The second kappa shape index (κ2) is 7.52. The highest BCUT2D eigenvalue weighted by molar-refractivity contribution is 6.13. The van der Waals surface area contributed by atoms with E-state index in [1.165, 1.54) is 11.1 Å². The number of ether oxygens (including phenoxy) is 1. The van der Waals surface area contributed by atoms with Crippen molar-refractivity contribution in [3.8, 4) is 5.88 Å². The molecule has 2 aromatic rings. The first-order valence-corrected chi connectivity index (χ1v) is 7.58. The molecule has 8 heteroatoms. The summed E-state index contributed by atoms with van der Waals surface area (Å²) >= 11 is 0. The van der Waals surface area contributed by atoms with Crippen molar-refractivity contribution in [2.75, 3.05) is 24.7 Å². The van der Waals surface area contributed by atoms with Crippen molar-refractivity contribution < 1.29 is 13.9 Å². The van der Waals surface area contributed by atoms with Crippen LogP contribution in [0.25, 0.3) is 0 Å². The molecule has 3 rings (SSSR count). The van der Waals surface area contributed by atoms with Gasteiger partial charge in [-0.1, -0.05) is 0 Å². The van der Waals surface area contributed by atoms with Crippen LogP contribution in [0.5, 0.6) is 5.88 Å². The van der Waals surface area contributed by atoms with E-state index in [0.29, 0.717) is 29.4 Å². The van der Waals surface area contributed by atoms with E-state index in [2.05, 4.69) is 15.0 Å². The Bertz CT molecular complexity index is 806. The highest BCUT2D eigenvalue weighted by Gasteiger charge is 2.28. The van der Waals surface area contributed by atoms with Crippen LogP contribution < -0.4 is 15.4 Å². The number of nitrogens with zero attached hydrogens (tertiary/aromatic N) is 4. The molecule has 7 nitrogen and oxygen atoms in total. The lowest BCUT2D eigenvalue weighted by Gasteiger charge is -2.15. The van der Waals surface area contributed by atoms with Crippen molar-refractivity contribution in [3.63, 3.8) is 0 Å². The minimum atomic E-state index is -0.573. The quantitative estimate of drug-likeness (QED) is 0.809. The molecule has 0 spiro atoms. The predicted molar refractivity (Wildman–Crippen MR) is 91.7 cm³/mol. The Balaban J connectivity index is 1.70. The van der Waals surface area contributed by atoms with E-state index in [-0.39, 0.29) is 18.2 Å². The molecule has 0 saturated carbocycles. The number of rotatable bonds is 6. The second-order valence-corrected chi connectivity index (χ2v) is 5.19. The second-order valence-electron chi connectivity index (χ2n) is 5.19. The summed E-state index contributed by atoms with van der Waals surface area (Å²) in [4.78, 5) is 26.1. The zero-order valence-electron chi connectivity index (χ0n) is 13.3. The van der Waals surface area contributed by atoms with Gasteiger partial charge in [-0.15, -0.1) is 0 Å². The molecule has 0 saturated heterocycles. The number of halogens is 1. The number of carbonyl (C=O) groups is 1. The van der Waals surface area contributed by atoms with Gasteiger partial charge in [0, 0.05) is 24.1 Å². The Morgan fingerprint density at radius 2 is 2.24 bits per heavy atom. The lowest BCUT2D eigenvalue weighted by Crippen LogP contribution is -2.28. The van der Waals surface area contributed by atoms with Crippen molar-refractivity contribution in [3.05, 3.63) is 54.1 Å². The number of aromatic nitrogens is 2. The third-order valence-corrected chi connectivity index (χ3v) is 3.52. The van der Waals surface area contributed by atoms with Crippen LogP contribution in [-0.2, 0) is 4.79 Å². The molecule has 2 aromatic heterocycles. The zero-order chi connectivity index (χ0) is 17.6. The summed E-state index contributed by atoms with van der Waals surface area (Å²) < 4.78 is 17.1. The van der Waals surface area contributed by atoms with Crippen molar-refractivity contribution in [1.29, 1.82) is 0 Å². The Morgan fingerprint density at radius 3 is 2.92 bits per heavy atom. The van der Waals surface area contributed by atoms with Crippen LogP contribution in [0.1, 0.15) is 0 Å². The molecular weight excluding hydrogens is 325 g/mol. The van der Waals surface area contributed by atoms with E-state index in [1.807, 2.05) is 0 Å². The molecule has 1 aliphatic heterocycles. The maximum atomic E-state index is 12.3. The Labute approximate surface area is 143 Å². The van der Waals surface area contributed by atoms with Gasteiger partial charge in [-0.25, -0.2) is 9.37 Å². The Morgan fingerprint density at radius 1 is 1.36 bits per heavy atom. The highest BCUT2D eigenvalue weighted by Crippen LogP contribution is 2.22. The van der Waals surface area contributed by atoms with Crippen LogP contribution in [0, 0.1) is 0 Å². The van der Waals surface area contributed by atoms with Gasteiger partial charge in [0.2, 0.25) is 5.88 Å². The van der Waals surface area contributed by atoms with E-state index in [0.717, 1.165) is 0 Å². The largest absolute Gasteiger partial charge is 0.475 e. The Hall–Kier alpha value is -3.29. The normalized spacial score (nSPS) is 14.6. The van der Waals surface area contributed by atoms with E-state index in [9.17, 15) is 9.18 Å². The molecule has 0 atom stereocenters. The number of carbonyl (C=O) groups excluding carboxylic acids is 1. The Kier molecular flexibility index (Phi) is 4.98. The molecule has 128 valence electrons.